The first-order valence-electron chi connectivity index (χ1n) is 5.34. The smallest absolute Gasteiger partial charge is 0.0904 e. The maximum Gasteiger partial charge on any atom is 0.0904 e. The van der Waals surface area contributed by atoms with E-state index in [-0.39, 0.29) is 0 Å². The predicted molar refractivity (Wildman–Crippen MR) is 59.6 cm³/mol. The van der Waals surface area contributed by atoms with Crippen molar-refractivity contribution in [3.8, 4) is 0 Å². The molecule has 76 valence electrons. The van der Waals surface area contributed by atoms with Gasteiger partial charge in [0.05, 0.1) is 12.2 Å². The van der Waals surface area contributed by atoms with Crippen LogP contribution < -0.4 is 5.32 Å². The molecule has 1 aromatic carbocycles. The Morgan fingerprint density at radius 1 is 1.20 bits per heavy atom. The number of nitrogens with zero attached hydrogens (tertiary/aromatic N) is 2. The van der Waals surface area contributed by atoms with Crippen molar-refractivity contribution in [2.45, 2.75) is 13.0 Å². The highest BCUT2D eigenvalue weighted by Crippen LogP contribution is 2.24. The van der Waals surface area contributed by atoms with Crippen molar-refractivity contribution in [2.24, 2.45) is 10.2 Å². The summed E-state index contributed by atoms with van der Waals surface area (Å²) in [6.07, 6.45) is 3.20. The molecule has 0 saturated carbocycles. The van der Waals surface area contributed by atoms with Crippen LogP contribution in [0.15, 0.2) is 34.5 Å². The van der Waals surface area contributed by atoms with Crippen LogP contribution in [0.3, 0.4) is 0 Å². The Morgan fingerprint density at radius 3 is 3.07 bits per heavy atom. The van der Waals surface area contributed by atoms with Gasteiger partial charge in [-0.25, -0.2) is 0 Å². The maximum absolute atomic E-state index is 4.12. The van der Waals surface area contributed by atoms with Gasteiger partial charge in [-0.15, -0.1) is 0 Å². The molecule has 0 saturated heterocycles. The van der Waals surface area contributed by atoms with Crippen molar-refractivity contribution in [3.63, 3.8) is 0 Å². The molecular weight excluding hydrogens is 186 g/mol. The zero-order chi connectivity index (χ0) is 10.1. The Kier molecular flexibility index (Phi) is 2.10. The van der Waals surface area contributed by atoms with E-state index in [0.29, 0.717) is 0 Å². The molecule has 3 rings (SSSR count). The standard InChI is InChI=1S/C12H13N3/c1-2-10(12-4-6-14-15-12)7-11-8-13-5-3-9(1)11/h1-2,4,7,13H,3,5-6,8H2. The quantitative estimate of drug-likeness (QED) is 0.739. The third-order valence-corrected chi connectivity index (χ3v) is 2.93. The molecule has 0 bridgehead atoms. The first-order valence-corrected chi connectivity index (χ1v) is 5.34. The molecule has 1 aromatic rings. The van der Waals surface area contributed by atoms with Crippen molar-refractivity contribution in [1.82, 2.24) is 5.32 Å². The summed E-state index contributed by atoms with van der Waals surface area (Å²) in [6.45, 7) is 2.80. The van der Waals surface area contributed by atoms with E-state index in [2.05, 4.69) is 39.8 Å². The Labute approximate surface area is 88.9 Å². The van der Waals surface area contributed by atoms with Gasteiger partial charge in [-0.2, -0.15) is 10.2 Å². The van der Waals surface area contributed by atoms with Gasteiger partial charge in [0.2, 0.25) is 0 Å². The van der Waals surface area contributed by atoms with Crippen LogP contribution in [0.25, 0.3) is 5.70 Å². The molecule has 0 aromatic heterocycles. The number of benzene rings is 1. The molecule has 0 spiro atoms. The van der Waals surface area contributed by atoms with E-state index in [1.54, 1.807) is 0 Å². The molecule has 0 fully saturated rings. The van der Waals surface area contributed by atoms with Crippen LogP contribution >= 0.6 is 0 Å². The van der Waals surface area contributed by atoms with E-state index in [9.17, 15) is 0 Å². The van der Waals surface area contributed by atoms with Crippen molar-refractivity contribution in [3.05, 3.63) is 41.0 Å². The molecule has 1 N–H and O–H groups in total. The molecular formula is C12H13N3. The Balaban J connectivity index is 2.00. The third-order valence-electron chi connectivity index (χ3n) is 2.93. The van der Waals surface area contributed by atoms with Gasteiger partial charge < -0.3 is 5.32 Å². The number of hydrogen-bond donors (Lipinski definition) is 1. The van der Waals surface area contributed by atoms with E-state index >= 15 is 0 Å². The molecule has 15 heavy (non-hydrogen) atoms. The summed E-state index contributed by atoms with van der Waals surface area (Å²) in [6, 6.07) is 6.61. The Morgan fingerprint density at radius 2 is 2.20 bits per heavy atom. The lowest BCUT2D eigenvalue weighted by Gasteiger charge is -2.17. The van der Waals surface area contributed by atoms with E-state index in [0.717, 1.165) is 31.8 Å². The normalized spacial score (nSPS) is 18.8. The molecule has 3 heteroatoms. The minimum atomic E-state index is 0.727. The fraction of sp³-hybridized carbons (Fsp3) is 0.333. The highest BCUT2D eigenvalue weighted by atomic mass is 15.1. The molecule has 0 radical (unpaired) electrons. The topological polar surface area (TPSA) is 36.8 Å². The SMILES string of the molecule is C1=C(c2ccc3c(c2)CNCC3)N=NC1. The molecule has 0 aliphatic carbocycles. The lowest BCUT2D eigenvalue weighted by atomic mass is 9.97. The molecule has 0 unspecified atom stereocenters. The summed E-state index contributed by atoms with van der Waals surface area (Å²) in [4.78, 5) is 0. The van der Waals surface area contributed by atoms with Gasteiger partial charge in [0.1, 0.15) is 0 Å². The van der Waals surface area contributed by atoms with Crippen molar-refractivity contribution in [1.29, 1.82) is 0 Å². The lowest BCUT2D eigenvalue weighted by Crippen LogP contribution is -2.23. The average molecular weight is 199 g/mol. The van der Waals surface area contributed by atoms with Crippen LogP contribution in [0.5, 0.6) is 0 Å². The summed E-state index contributed by atoms with van der Waals surface area (Å²) < 4.78 is 0. The van der Waals surface area contributed by atoms with Gasteiger partial charge in [-0.3, -0.25) is 0 Å². The highest BCUT2D eigenvalue weighted by Gasteiger charge is 2.11. The van der Waals surface area contributed by atoms with Crippen LogP contribution in [-0.2, 0) is 13.0 Å². The van der Waals surface area contributed by atoms with Crippen LogP contribution in [0.1, 0.15) is 16.7 Å². The zero-order valence-electron chi connectivity index (χ0n) is 8.53. The summed E-state index contributed by atoms with van der Waals surface area (Å²) in [7, 11) is 0. The van der Waals surface area contributed by atoms with Gasteiger partial charge in [0.25, 0.3) is 0 Å². The lowest BCUT2D eigenvalue weighted by molar-refractivity contribution is 0.643. The second-order valence-corrected chi connectivity index (χ2v) is 3.92. The fourth-order valence-corrected chi connectivity index (χ4v) is 2.10. The zero-order valence-corrected chi connectivity index (χ0v) is 8.53. The molecule has 0 amide bonds. The van der Waals surface area contributed by atoms with Gasteiger partial charge in [-0.05, 0) is 36.2 Å². The first kappa shape index (κ1) is 8.80. The molecule has 2 heterocycles. The number of rotatable bonds is 1. The monoisotopic (exact) mass is 199 g/mol. The second-order valence-electron chi connectivity index (χ2n) is 3.92. The largest absolute Gasteiger partial charge is 0.312 e. The van der Waals surface area contributed by atoms with Crippen LogP contribution in [-0.4, -0.2) is 13.1 Å². The number of fused-ring (bicyclic) bond motifs is 1. The predicted octanol–water partition coefficient (Wildman–Crippen LogP) is 2.14. The summed E-state index contributed by atoms with van der Waals surface area (Å²) in [5.41, 5.74) is 5.08. The van der Waals surface area contributed by atoms with Crippen molar-refractivity contribution in [2.75, 3.05) is 13.1 Å². The number of hydrogen-bond acceptors (Lipinski definition) is 3. The summed E-state index contributed by atoms with van der Waals surface area (Å²) in [5.74, 6) is 0. The maximum atomic E-state index is 4.12. The van der Waals surface area contributed by atoms with Gasteiger partial charge in [0, 0.05) is 12.1 Å². The van der Waals surface area contributed by atoms with Gasteiger partial charge >= 0.3 is 0 Å². The number of nitrogens with one attached hydrogen (secondary N) is 1. The molecule has 0 atom stereocenters. The number of azo groups is 1. The minimum Gasteiger partial charge on any atom is -0.312 e. The Hall–Kier alpha value is -1.48. The third kappa shape index (κ3) is 1.59. The van der Waals surface area contributed by atoms with Crippen molar-refractivity contribution >= 4 is 5.70 Å². The first-order chi connectivity index (χ1) is 7.43. The molecule has 3 nitrogen and oxygen atoms in total. The van der Waals surface area contributed by atoms with Crippen LogP contribution in [0.4, 0.5) is 0 Å². The van der Waals surface area contributed by atoms with E-state index in [1.807, 2.05) is 0 Å². The molecule has 2 aliphatic heterocycles. The summed E-state index contributed by atoms with van der Waals surface area (Å²) in [5, 5.41) is 11.5. The second kappa shape index (κ2) is 3.59. The van der Waals surface area contributed by atoms with E-state index < -0.39 is 0 Å². The van der Waals surface area contributed by atoms with Crippen LogP contribution in [0, 0.1) is 0 Å². The van der Waals surface area contributed by atoms with Gasteiger partial charge in [0.15, 0.2) is 0 Å². The van der Waals surface area contributed by atoms with Gasteiger partial charge in [-0.1, -0.05) is 12.1 Å². The van der Waals surface area contributed by atoms with Crippen molar-refractivity contribution < 1.29 is 0 Å². The Bertz CT molecular complexity index is 446. The fourth-order valence-electron chi connectivity index (χ4n) is 2.10. The average Bonchev–Trinajstić information content (AvgIpc) is 2.82. The van der Waals surface area contributed by atoms with E-state index in [1.165, 1.54) is 16.7 Å². The van der Waals surface area contributed by atoms with E-state index in [4.69, 9.17) is 0 Å². The van der Waals surface area contributed by atoms with Crippen LogP contribution in [0.2, 0.25) is 0 Å². The highest BCUT2D eigenvalue weighted by molar-refractivity contribution is 5.66. The minimum absolute atomic E-state index is 0.727. The summed E-state index contributed by atoms with van der Waals surface area (Å²) >= 11 is 0. The molecule has 2 aliphatic rings.